The molecule has 1 N–H and O–H groups in total. The molecule has 1 amide bonds. The van der Waals surface area contributed by atoms with Gasteiger partial charge in [-0.3, -0.25) is 14.6 Å². The number of nitrogens with one attached hydrogen (secondary N) is 1. The zero-order valence-corrected chi connectivity index (χ0v) is 23.2. The predicted octanol–water partition coefficient (Wildman–Crippen LogP) is 4.64. The number of aliphatic imine (C=N–C) groups is 1. The predicted molar refractivity (Wildman–Crippen MR) is 159 cm³/mol. The van der Waals surface area contributed by atoms with Crippen LogP contribution in [0.2, 0.25) is 0 Å². The van der Waals surface area contributed by atoms with Gasteiger partial charge in [-0.25, -0.2) is 4.39 Å². The Morgan fingerprint density at radius 2 is 1.93 bits per heavy atom. The minimum absolute atomic E-state index is 0.00970. The summed E-state index contributed by atoms with van der Waals surface area (Å²) in [5, 5.41) is 5.16. The van der Waals surface area contributed by atoms with Gasteiger partial charge in [-0.05, 0) is 30.4 Å². The van der Waals surface area contributed by atoms with Crippen LogP contribution in [0.15, 0.2) is 58.4 Å². The quantitative estimate of drug-likeness (QED) is 0.170. The number of carbonyl (C=O) groups excluding carboxylic acids is 1. The number of hydrogen-bond acceptors (Lipinski definition) is 6. The van der Waals surface area contributed by atoms with Crippen molar-refractivity contribution in [1.82, 2.24) is 14.4 Å². The molecule has 2 aliphatic rings. The fourth-order valence-electron chi connectivity index (χ4n) is 5.39. The van der Waals surface area contributed by atoms with Crippen molar-refractivity contribution in [2.75, 3.05) is 58.8 Å². The monoisotopic (exact) mass is 557 g/mol. The van der Waals surface area contributed by atoms with Crippen molar-refractivity contribution in [1.29, 1.82) is 0 Å². The lowest BCUT2D eigenvalue weighted by molar-refractivity contribution is 0.0302. The molecular weight excluding hydrogens is 525 g/mol. The molecule has 0 unspecified atom stereocenters. The van der Waals surface area contributed by atoms with Crippen molar-refractivity contribution in [3.63, 3.8) is 0 Å². The second-order valence-electron chi connectivity index (χ2n) is 10.5. The van der Waals surface area contributed by atoms with Gasteiger partial charge in [0.2, 0.25) is 5.43 Å². The van der Waals surface area contributed by atoms with Crippen LogP contribution in [0.1, 0.15) is 23.2 Å². The molecule has 0 bridgehead atoms. The number of halogens is 1. The summed E-state index contributed by atoms with van der Waals surface area (Å²) in [6.07, 6.45) is 4.95. The molecule has 0 aliphatic carbocycles. The van der Waals surface area contributed by atoms with Gasteiger partial charge in [0.15, 0.2) is 17.3 Å². The third-order valence-corrected chi connectivity index (χ3v) is 7.37. The summed E-state index contributed by atoms with van der Waals surface area (Å²) in [5.74, 6) is -0.256. The third-order valence-electron chi connectivity index (χ3n) is 7.37. The van der Waals surface area contributed by atoms with E-state index in [2.05, 4.69) is 10.3 Å². The van der Waals surface area contributed by atoms with Gasteiger partial charge in [-0.1, -0.05) is 30.3 Å². The second-order valence-corrected chi connectivity index (χ2v) is 10.5. The van der Waals surface area contributed by atoms with Crippen LogP contribution in [0, 0.1) is 5.82 Å². The second kappa shape index (κ2) is 11.2. The summed E-state index contributed by atoms with van der Waals surface area (Å²) in [7, 11) is 3.84. The number of nitrogens with zero attached hydrogens (tertiary/aromatic N) is 4. The fraction of sp³-hybridized carbons (Fsp3) is 0.323. The molecular formula is C31H32FN5O4. The van der Waals surface area contributed by atoms with Crippen LogP contribution in [0.25, 0.3) is 27.4 Å². The minimum Gasteiger partial charge on any atom is -0.451 e. The molecule has 41 heavy (non-hydrogen) atoms. The molecule has 1 fully saturated rings. The van der Waals surface area contributed by atoms with Crippen molar-refractivity contribution in [3.05, 3.63) is 70.3 Å². The highest BCUT2D eigenvalue weighted by Gasteiger charge is 2.31. The van der Waals surface area contributed by atoms with Crippen molar-refractivity contribution in [2.45, 2.75) is 12.8 Å². The Kier molecular flexibility index (Phi) is 7.32. The van der Waals surface area contributed by atoms with Crippen LogP contribution in [0.5, 0.6) is 11.5 Å². The van der Waals surface area contributed by atoms with Crippen LogP contribution in [-0.4, -0.2) is 80.1 Å². The molecule has 0 radical (unpaired) electrons. The highest BCUT2D eigenvalue weighted by atomic mass is 19.1. The maximum atomic E-state index is 15.7. The number of morpholine rings is 1. The number of ether oxygens (including phenoxy) is 2. The molecule has 0 saturated carbocycles. The van der Waals surface area contributed by atoms with Crippen molar-refractivity contribution < 1.29 is 18.7 Å². The topological polar surface area (TPSA) is 88.4 Å². The largest absolute Gasteiger partial charge is 0.451 e. The lowest BCUT2D eigenvalue weighted by atomic mass is 10.0. The Bertz CT molecular complexity index is 1730. The smallest absolute Gasteiger partial charge is 0.259 e. The number of fused-ring (bicyclic) bond motifs is 4. The molecule has 9 nitrogen and oxygen atoms in total. The van der Waals surface area contributed by atoms with Gasteiger partial charge in [0.25, 0.3) is 5.91 Å². The van der Waals surface area contributed by atoms with Crippen molar-refractivity contribution in [3.8, 4) is 17.2 Å². The Labute approximate surface area is 236 Å². The summed E-state index contributed by atoms with van der Waals surface area (Å²) >= 11 is 0. The number of aromatic nitrogens is 1. The highest BCUT2D eigenvalue weighted by molar-refractivity contribution is 6.04. The first-order chi connectivity index (χ1) is 19.9. The zero-order chi connectivity index (χ0) is 28.5. The Balaban J connectivity index is 1.46. The molecule has 4 aromatic rings. The van der Waals surface area contributed by atoms with Crippen LogP contribution in [-0.2, 0) is 4.74 Å². The van der Waals surface area contributed by atoms with Gasteiger partial charge in [0.05, 0.1) is 30.6 Å². The fourth-order valence-corrected chi connectivity index (χ4v) is 5.39. The highest BCUT2D eigenvalue weighted by Crippen LogP contribution is 2.47. The molecule has 0 spiro atoms. The molecule has 6 rings (SSSR count). The lowest BCUT2D eigenvalue weighted by Gasteiger charge is -2.29. The Morgan fingerprint density at radius 3 is 2.73 bits per heavy atom. The number of unbranched alkanes of at least 4 members (excludes halogenated alkanes) is 1. The molecule has 10 heteroatoms. The Hall–Kier alpha value is -4.44. The Morgan fingerprint density at radius 1 is 1.12 bits per heavy atom. The summed E-state index contributed by atoms with van der Waals surface area (Å²) in [6, 6.07) is 12.8. The average Bonchev–Trinajstić information content (AvgIpc) is 2.98. The van der Waals surface area contributed by atoms with Crippen LogP contribution in [0.3, 0.4) is 0 Å². The first kappa shape index (κ1) is 26.8. The van der Waals surface area contributed by atoms with E-state index >= 15 is 4.39 Å². The maximum absolute atomic E-state index is 15.7. The summed E-state index contributed by atoms with van der Waals surface area (Å²) < 4.78 is 29.3. The minimum atomic E-state index is -0.609. The SMILES string of the molecule is CN(C)/C=N/CCCCNc1c(F)cc2c(=O)c(C(=O)N3CCOCC3)cn3c2c1Oc1ccc2ccccc2c1-3. The number of rotatable bonds is 8. The molecule has 3 aromatic carbocycles. The van der Waals surface area contributed by atoms with Crippen LogP contribution in [0.4, 0.5) is 10.1 Å². The molecule has 1 saturated heterocycles. The molecule has 212 valence electrons. The van der Waals surface area contributed by atoms with E-state index in [0.29, 0.717) is 56.3 Å². The van der Waals surface area contributed by atoms with Gasteiger partial charge in [0.1, 0.15) is 16.8 Å². The van der Waals surface area contributed by atoms with E-state index in [0.717, 1.165) is 23.6 Å². The summed E-state index contributed by atoms with van der Waals surface area (Å²) in [6.45, 7) is 2.76. The van der Waals surface area contributed by atoms with Gasteiger partial charge in [0, 0.05) is 51.9 Å². The standard InChI is InChI=1S/C31H32FN5O4/c1-35(2)19-33-11-5-6-12-34-26-24(32)17-22-28-30(26)41-25-10-9-20-7-3-4-8-21(20)27(25)37(28)18-23(29(22)38)31(39)36-13-15-40-16-14-36/h3-4,7-10,17-19,34H,5-6,11-16H2,1-2H3/b33-19+. The maximum Gasteiger partial charge on any atom is 0.259 e. The molecule has 0 atom stereocenters. The summed E-state index contributed by atoms with van der Waals surface area (Å²) in [5.41, 5.74) is 0.785. The van der Waals surface area contributed by atoms with E-state index in [1.165, 1.54) is 6.07 Å². The number of benzene rings is 3. The van der Waals surface area contributed by atoms with Gasteiger partial charge >= 0.3 is 0 Å². The average molecular weight is 558 g/mol. The van der Waals surface area contributed by atoms with Gasteiger partial charge < -0.3 is 29.2 Å². The number of pyridine rings is 1. The van der Waals surface area contributed by atoms with Gasteiger partial charge in [-0.2, -0.15) is 0 Å². The first-order valence-corrected chi connectivity index (χ1v) is 13.8. The van der Waals surface area contributed by atoms with Crippen LogP contribution >= 0.6 is 0 Å². The molecule has 2 aliphatic heterocycles. The van der Waals surface area contributed by atoms with Crippen molar-refractivity contribution in [2.24, 2.45) is 4.99 Å². The van der Waals surface area contributed by atoms with E-state index in [1.807, 2.05) is 60.0 Å². The molecule has 1 aromatic heterocycles. The zero-order valence-electron chi connectivity index (χ0n) is 23.2. The third kappa shape index (κ3) is 4.99. The van der Waals surface area contributed by atoms with E-state index in [9.17, 15) is 9.59 Å². The number of amides is 1. The summed E-state index contributed by atoms with van der Waals surface area (Å²) in [4.78, 5) is 35.1. The lowest BCUT2D eigenvalue weighted by Crippen LogP contribution is -2.42. The van der Waals surface area contributed by atoms with E-state index in [-0.39, 0.29) is 22.4 Å². The van der Waals surface area contributed by atoms with E-state index in [4.69, 9.17) is 9.47 Å². The van der Waals surface area contributed by atoms with E-state index < -0.39 is 17.2 Å². The molecule has 3 heterocycles. The number of anilines is 1. The normalized spacial score (nSPS) is 14.4. The van der Waals surface area contributed by atoms with Crippen molar-refractivity contribution >= 4 is 39.6 Å². The van der Waals surface area contributed by atoms with E-state index in [1.54, 1.807) is 17.4 Å². The number of carbonyl (C=O) groups is 1. The number of hydrogen-bond donors (Lipinski definition) is 1. The van der Waals surface area contributed by atoms with Crippen LogP contribution < -0.4 is 15.5 Å². The van der Waals surface area contributed by atoms with Gasteiger partial charge in [-0.15, -0.1) is 0 Å². The first-order valence-electron chi connectivity index (χ1n) is 13.8.